The monoisotopic (exact) mass is 394 g/mol. The Balaban J connectivity index is 1.63. The SMILES string of the molecule is OC[C@@H]1CC[C@H](n2nnc3c(NCc4ccccc4Cl)nc(Cl)nc32)O1. The molecule has 2 N–H and O–H groups in total. The van der Waals surface area contributed by atoms with Crippen LogP contribution in [0.15, 0.2) is 24.3 Å². The Bertz CT molecular complexity index is 934. The summed E-state index contributed by atoms with van der Waals surface area (Å²) >= 11 is 12.3. The highest BCUT2D eigenvalue weighted by molar-refractivity contribution is 6.31. The van der Waals surface area contributed by atoms with Crippen molar-refractivity contribution in [2.45, 2.75) is 31.7 Å². The van der Waals surface area contributed by atoms with Crippen molar-refractivity contribution in [3.63, 3.8) is 0 Å². The summed E-state index contributed by atoms with van der Waals surface area (Å²) in [5, 5.41) is 21.5. The molecule has 3 heterocycles. The maximum absolute atomic E-state index is 9.25. The molecule has 0 saturated carbocycles. The lowest BCUT2D eigenvalue weighted by molar-refractivity contribution is -0.0271. The van der Waals surface area contributed by atoms with E-state index in [9.17, 15) is 5.11 Å². The average molecular weight is 395 g/mol. The lowest BCUT2D eigenvalue weighted by atomic mass is 10.2. The first-order valence-electron chi connectivity index (χ1n) is 8.17. The number of hydrogen-bond acceptors (Lipinski definition) is 7. The minimum atomic E-state index is -0.334. The van der Waals surface area contributed by atoms with Crippen LogP contribution in [0.4, 0.5) is 5.82 Å². The van der Waals surface area contributed by atoms with Gasteiger partial charge in [-0.1, -0.05) is 35.0 Å². The Labute approximate surface area is 159 Å². The van der Waals surface area contributed by atoms with E-state index in [0.717, 1.165) is 12.0 Å². The molecule has 0 aliphatic carbocycles. The molecule has 0 spiro atoms. The maximum Gasteiger partial charge on any atom is 0.226 e. The third-order valence-electron chi connectivity index (χ3n) is 4.26. The molecule has 1 aliphatic rings. The molecule has 2 aromatic heterocycles. The van der Waals surface area contributed by atoms with Crippen LogP contribution in [-0.4, -0.2) is 42.8 Å². The Morgan fingerprint density at radius 1 is 1.23 bits per heavy atom. The van der Waals surface area contributed by atoms with Gasteiger partial charge in [-0.15, -0.1) is 5.10 Å². The highest BCUT2D eigenvalue weighted by Crippen LogP contribution is 2.31. The Morgan fingerprint density at radius 2 is 2.08 bits per heavy atom. The smallest absolute Gasteiger partial charge is 0.226 e. The molecule has 0 radical (unpaired) electrons. The molecule has 1 fully saturated rings. The number of halogens is 2. The number of ether oxygens (including phenoxy) is 1. The number of benzene rings is 1. The third kappa shape index (κ3) is 3.33. The van der Waals surface area contributed by atoms with Crippen molar-refractivity contribution in [1.29, 1.82) is 0 Å². The summed E-state index contributed by atoms with van der Waals surface area (Å²) in [5.74, 6) is 0.475. The van der Waals surface area contributed by atoms with Gasteiger partial charge < -0.3 is 15.2 Å². The van der Waals surface area contributed by atoms with E-state index in [1.807, 2.05) is 24.3 Å². The van der Waals surface area contributed by atoms with Gasteiger partial charge in [0.05, 0.1) is 12.7 Å². The van der Waals surface area contributed by atoms with Gasteiger partial charge in [0.15, 0.2) is 23.2 Å². The fourth-order valence-corrected chi connectivity index (χ4v) is 3.31. The van der Waals surface area contributed by atoms with Crippen molar-refractivity contribution >= 4 is 40.2 Å². The number of fused-ring (bicyclic) bond motifs is 1. The minimum Gasteiger partial charge on any atom is -0.394 e. The van der Waals surface area contributed by atoms with Gasteiger partial charge in [-0.3, -0.25) is 0 Å². The van der Waals surface area contributed by atoms with Crippen LogP contribution in [0.5, 0.6) is 0 Å². The van der Waals surface area contributed by atoms with Crippen molar-refractivity contribution in [2.24, 2.45) is 0 Å². The summed E-state index contributed by atoms with van der Waals surface area (Å²) in [7, 11) is 0. The number of nitrogens with zero attached hydrogens (tertiary/aromatic N) is 5. The standard InChI is InChI=1S/C16H16Cl2N6O2/c17-11-4-2-1-3-9(11)7-19-14-13-15(21-16(18)20-14)24(23-22-13)12-6-5-10(8-25)26-12/h1-4,10,12,25H,5-8H2,(H,19,20,21)/t10-,12+/m0/s1. The zero-order valence-corrected chi connectivity index (χ0v) is 15.2. The molecular formula is C16H16Cl2N6O2. The second-order valence-electron chi connectivity index (χ2n) is 5.97. The molecule has 10 heteroatoms. The van der Waals surface area contributed by atoms with E-state index in [0.29, 0.717) is 35.0 Å². The van der Waals surface area contributed by atoms with Crippen LogP contribution in [-0.2, 0) is 11.3 Å². The zero-order chi connectivity index (χ0) is 18.1. The van der Waals surface area contributed by atoms with E-state index in [1.165, 1.54) is 0 Å². The van der Waals surface area contributed by atoms with E-state index < -0.39 is 0 Å². The predicted molar refractivity (Wildman–Crippen MR) is 97.1 cm³/mol. The van der Waals surface area contributed by atoms with Crippen LogP contribution in [0.25, 0.3) is 11.2 Å². The van der Waals surface area contributed by atoms with E-state index in [-0.39, 0.29) is 24.2 Å². The fraction of sp³-hybridized carbons (Fsp3) is 0.375. The first-order valence-corrected chi connectivity index (χ1v) is 8.93. The van der Waals surface area contributed by atoms with Gasteiger partial charge in [0.2, 0.25) is 5.28 Å². The van der Waals surface area contributed by atoms with Gasteiger partial charge >= 0.3 is 0 Å². The summed E-state index contributed by atoms with van der Waals surface area (Å²) in [5.41, 5.74) is 1.90. The van der Waals surface area contributed by atoms with Gasteiger partial charge in [0.1, 0.15) is 0 Å². The molecule has 4 rings (SSSR count). The molecule has 1 aromatic carbocycles. The Hall–Kier alpha value is -2.00. The summed E-state index contributed by atoms with van der Waals surface area (Å²) in [6.07, 6.45) is 0.932. The molecule has 1 saturated heterocycles. The molecule has 2 atom stereocenters. The molecule has 8 nitrogen and oxygen atoms in total. The second kappa shape index (κ2) is 7.32. The fourth-order valence-electron chi connectivity index (χ4n) is 2.94. The maximum atomic E-state index is 9.25. The minimum absolute atomic E-state index is 0.0243. The van der Waals surface area contributed by atoms with Gasteiger partial charge in [-0.2, -0.15) is 14.6 Å². The number of anilines is 1. The molecule has 136 valence electrons. The first kappa shape index (κ1) is 17.4. The number of rotatable bonds is 5. The van der Waals surface area contributed by atoms with E-state index in [2.05, 4.69) is 25.6 Å². The van der Waals surface area contributed by atoms with E-state index >= 15 is 0 Å². The quantitative estimate of drug-likeness (QED) is 0.641. The van der Waals surface area contributed by atoms with Crippen LogP contribution >= 0.6 is 23.2 Å². The first-order chi connectivity index (χ1) is 12.7. The number of aliphatic hydroxyl groups excluding tert-OH is 1. The normalized spacial score (nSPS) is 20.0. The van der Waals surface area contributed by atoms with Crippen LogP contribution in [0, 0.1) is 0 Å². The van der Waals surface area contributed by atoms with Crippen molar-refractivity contribution in [3.8, 4) is 0 Å². The van der Waals surface area contributed by atoms with Crippen LogP contribution < -0.4 is 5.32 Å². The van der Waals surface area contributed by atoms with Gasteiger partial charge in [0, 0.05) is 11.6 Å². The summed E-state index contributed by atoms with van der Waals surface area (Å²) in [4.78, 5) is 8.47. The number of aromatic nitrogens is 5. The zero-order valence-electron chi connectivity index (χ0n) is 13.6. The van der Waals surface area contributed by atoms with E-state index in [1.54, 1.807) is 4.68 Å². The van der Waals surface area contributed by atoms with Crippen molar-refractivity contribution in [2.75, 3.05) is 11.9 Å². The molecule has 26 heavy (non-hydrogen) atoms. The highest BCUT2D eigenvalue weighted by atomic mass is 35.5. The number of aliphatic hydroxyl groups is 1. The molecule has 0 amide bonds. The average Bonchev–Trinajstić information content (AvgIpc) is 3.27. The molecule has 0 unspecified atom stereocenters. The summed E-state index contributed by atoms with van der Waals surface area (Å²) in [6.45, 7) is 0.436. The Kier molecular flexibility index (Phi) is 4.90. The topological polar surface area (TPSA) is 98.0 Å². The largest absolute Gasteiger partial charge is 0.394 e. The number of hydrogen-bond donors (Lipinski definition) is 2. The molecule has 1 aliphatic heterocycles. The van der Waals surface area contributed by atoms with Gasteiger partial charge in [-0.05, 0) is 36.1 Å². The van der Waals surface area contributed by atoms with Crippen LogP contribution in [0.1, 0.15) is 24.6 Å². The van der Waals surface area contributed by atoms with Crippen LogP contribution in [0.2, 0.25) is 10.3 Å². The van der Waals surface area contributed by atoms with Crippen molar-refractivity contribution in [1.82, 2.24) is 25.0 Å². The lowest BCUT2D eigenvalue weighted by Gasteiger charge is -2.12. The van der Waals surface area contributed by atoms with Crippen molar-refractivity contribution < 1.29 is 9.84 Å². The molecule has 3 aromatic rings. The van der Waals surface area contributed by atoms with Gasteiger partial charge in [0.25, 0.3) is 0 Å². The molecule has 0 bridgehead atoms. The number of nitrogens with one attached hydrogen (secondary N) is 1. The third-order valence-corrected chi connectivity index (χ3v) is 4.80. The second-order valence-corrected chi connectivity index (χ2v) is 6.71. The molecular weight excluding hydrogens is 379 g/mol. The highest BCUT2D eigenvalue weighted by Gasteiger charge is 2.29. The summed E-state index contributed by atoms with van der Waals surface area (Å²) < 4.78 is 7.34. The summed E-state index contributed by atoms with van der Waals surface area (Å²) in [6, 6.07) is 7.54. The van der Waals surface area contributed by atoms with E-state index in [4.69, 9.17) is 27.9 Å². The van der Waals surface area contributed by atoms with Crippen LogP contribution in [0.3, 0.4) is 0 Å². The predicted octanol–water partition coefficient (Wildman–Crippen LogP) is 2.81. The van der Waals surface area contributed by atoms with Crippen molar-refractivity contribution in [3.05, 3.63) is 40.1 Å². The lowest BCUT2D eigenvalue weighted by Crippen LogP contribution is -2.15. The van der Waals surface area contributed by atoms with Gasteiger partial charge in [-0.25, -0.2) is 0 Å². The Morgan fingerprint density at radius 3 is 2.85 bits per heavy atom.